The van der Waals surface area contributed by atoms with Crippen molar-refractivity contribution in [2.75, 3.05) is 11.5 Å². The third-order valence-corrected chi connectivity index (χ3v) is 7.12. The lowest BCUT2D eigenvalue weighted by Gasteiger charge is -2.48. The molecule has 0 saturated heterocycles. The van der Waals surface area contributed by atoms with Crippen molar-refractivity contribution in [3.05, 3.63) is 23.4 Å². The van der Waals surface area contributed by atoms with E-state index in [0.717, 1.165) is 23.8 Å². The molecule has 1 heterocycles. The van der Waals surface area contributed by atoms with Gasteiger partial charge in [0, 0.05) is 25.2 Å². The third kappa shape index (κ3) is 4.37. The second-order valence-corrected chi connectivity index (χ2v) is 8.99. The fraction of sp³-hybridized carbons (Fsp3) is 0.722. The number of aliphatic hydroxyl groups is 1. The summed E-state index contributed by atoms with van der Waals surface area (Å²) in [6, 6.07) is 0. The Morgan fingerprint density at radius 1 is 1.43 bits per heavy atom. The molecule has 0 radical (unpaired) electrons. The van der Waals surface area contributed by atoms with Crippen LogP contribution in [0.2, 0.25) is 0 Å². The van der Waals surface area contributed by atoms with E-state index in [2.05, 4.69) is 31.2 Å². The highest BCUT2D eigenvalue weighted by Gasteiger charge is 2.48. The molecule has 0 spiro atoms. The quantitative estimate of drug-likeness (QED) is 0.560. The number of hydrogen-bond donors (Lipinski definition) is 1. The highest BCUT2D eigenvalue weighted by molar-refractivity contribution is 8.02. The van der Waals surface area contributed by atoms with Crippen molar-refractivity contribution in [1.82, 2.24) is 9.55 Å². The fourth-order valence-electron chi connectivity index (χ4n) is 3.06. The molecule has 5 heteroatoms. The Hall–Kier alpha value is -0.390. The van der Waals surface area contributed by atoms with Crippen LogP contribution in [0.5, 0.6) is 0 Å². The molecule has 23 heavy (non-hydrogen) atoms. The second-order valence-electron chi connectivity index (χ2n) is 7.07. The van der Waals surface area contributed by atoms with E-state index in [1.54, 1.807) is 11.8 Å². The zero-order valence-corrected chi connectivity index (χ0v) is 16.5. The van der Waals surface area contributed by atoms with Crippen LogP contribution in [0.15, 0.2) is 28.5 Å². The van der Waals surface area contributed by atoms with Crippen molar-refractivity contribution in [2.24, 2.45) is 12.5 Å². The van der Waals surface area contributed by atoms with Gasteiger partial charge in [0.05, 0.1) is 0 Å². The molecule has 1 aliphatic carbocycles. The van der Waals surface area contributed by atoms with Crippen LogP contribution >= 0.6 is 23.5 Å². The first-order chi connectivity index (χ1) is 10.9. The summed E-state index contributed by atoms with van der Waals surface area (Å²) < 4.78 is 2.02. The summed E-state index contributed by atoms with van der Waals surface area (Å²) in [6.07, 6.45) is 9.48. The van der Waals surface area contributed by atoms with Gasteiger partial charge in [-0.15, -0.1) is 11.8 Å². The number of nitrogens with zero attached hydrogens (tertiary/aromatic N) is 2. The van der Waals surface area contributed by atoms with Gasteiger partial charge in [-0.05, 0) is 47.8 Å². The molecule has 1 fully saturated rings. The van der Waals surface area contributed by atoms with Crippen molar-refractivity contribution < 1.29 is 5.11 Å². The number of rotatable bonds is 7. The maximum absolute atomic E-state index is 11.6. The summed E-state index contributed by atoms with van der Waals surface area (Å²) in [5, 5.41) is 14.8. The Morgan fingerprint density at radius 3 is 2.87 bits per heavy atom. The fourth-order valence-corrected chi connectivity index (χ4v) is 5.46. The van der Waals surface area contributed by atoms with Gasteiger partial charge in [0.1, 0.15) is 5.60 Å². The molecule has 0 bridgehead atoms. The van der Waals surface area contributed by atoms with E-state index < -0.39 is 5.60 Å². The number of aromatic nitrogens is 2. The SMILES string of the molecule is CCCCS/C=C1/CCCC(C)(C)[C@]1(O)CSc1nccn1C. The zero-order valence-electron chi connectivity index (χ0n) is 14.8. The predicted octanol–water partition coefficient (Wildman–Crippen LogP) is 4.87. The van der Waals surface area contributed by atoms with Crippen molar-refractivity contribution in [3.8, 4) is 0 Å². The molecule has 0 unspecified atom stereocenters. The summed E-state index contributed by atoms with van der Waals surface area (Å²) in [5.41, 5.74) is 0.373. The minimum Gasteiger partial charge on any atom is -0.384 e. The molecule has 0 aliphatic heterocycles. The monoisotopic (exact) mass is 354 g/mol. The number of aryl methyl sites for hydroxylation is 1. The Morgan fingerprint density at radius 2 is 2.22 bits per heavy atom. The lowest BCUT2D eigenvalue weighted by Crippen LogP contribution is -2.51. The molecular formula is C18H30N2OS2. The van der Waals surface area contributed by atoms with Crippen LogP contribution in [-0.4, -0.2) is 31.8 Å². The van der Waals surface area contributed by atoms with E-state index in [9.17, 15) is 5.11 Å². The van der Waals surface area contributed by atoms with Gasteiger partial charge in [0.25, 0.3) is 0 Å². The minimum atomic E-state index is -0.749. The molecule has 3 nitrogen and oxygen atoms in total. The van der Waals surface area contributed by atoms with E-state index in [0.29, 0.717) is 5.75 Å². The smallest absolute Gasteiger partial charge is 0.167 e. The van der Waals surface area contributed by atoms with Crippen LogP contribution in [0.3, 0.4) is 0 Å². The Kier molecular flexibility index (Phi) is 6.69. The summed E-state index contributed by atoms with van der Waals surface area (Å²) >= 11 is 3.52. The van der Waals surface area contributed by atoms with Gasteiger partial charge >= 0.3 is 0 Å². The van der Waals surface area contributed by atoms with Crippen molar-refractivity contribution in [2.45, 2.75) is 63.6 Å². The topological polar surface area (TPSA) is 38.1 Å². The Bertz CT molecular complexity index is 539. The largest absolute Gasteiger partial charge is 0.384 e. The highest BCUT2D eigenvalue weighted by atomic mass is 32.2. The Labute approximate surface area is 149 Å². The number of thioether (sulfide) groups is 2. The van der Waals surface area contributed by atoms with E-state index in [1.807, 2.05) is 35.8 Å². The van der Waals surface area contributed by atoms with Crippen molar-refractivity contribution in [3.63, 3.8) is 0 Å². The molecule has 0 aromatic carbocycles. The molecule has 1 saturated carbocycles. The highest BCUT2D eigenvalue weighted by Crippen LogP contribution is 2.49. The van der Waals surface area contributed by atoms with Crippen LogP contribution < -0.4 is 0 Å². The second kappa shape index (κ2) is 8.13. The first-order valence-electron chi connectivity index (χ1n) is 8.54. The first kappa shape index (κ1) is 18.9. The maximum Gasteiger partial charge on any atom is 0.167 e. The van der Waals surface area contributed by atoms with Gasteiger partial charge in [-0.2, -0.15) is 0 Å². The van der Waals surface area contributed by atoms with Gasteiger partial charge in [-0.3, -0.25) is 0 Å². The number of hydrogen-bond acceptors (Lipinski definition) is 4. The summed E-state index contributed by atoms with van der Waals surface area (Å²) in [4.78, 5) is 4.38. The molecule has 1 atom stereocenters. The van der Waals surface area contributed by atoms with Gasteiger partial charge in [-0.25, -0.2) is 4.98 Å². The van der Waals surface area contributed by atoms with E-state index >= 15 is 0 Å². The third-order valence-electron chi connectivity index (χ3n) is 4.93. The molecule has 1 aliphatic rings. The van der Waals surface area contributed by atoms with Crippen LogP contribution in [0, 0.1) is 5.41 Å². The van der Waals surface area contributed by atoms with Crippen molar-refractivity contribution in [1.29, 1.82) is 0 Å². The molecule has 2 rings (SSSR count). The average Bonchev–Trinajstić information content (AvgIpc) is 2.91. The molecule has 1 aromatic rings. The van der Waals surface area contributed by atoms with E-state index in [-0.39, 0.29) is 5.41 Å². The van der Waals surface area contributed by atoms with E-state index in [4.69, 9.17) is 0 Å². The number of imidazole rings is 1. The van der Waals surface area contributed by atoms with Crippen LogP contribution in [0.1, 0.15) is 52.9 Å². The number of unbranched alkanes of at least 4 members (excludes halogenated alkanes) is 1. The predicted molar refractivity (Wildman–Crippen MR) is 102 cm³/mol. The van der Waals surface area contributed by atoms with Gasteiger partial charge in [0.15, 0.2) is 5.16 Å². The normalized spacial score (nSPS) is 25.9. The van der Waals surface area contributed by atoms with Crippen LogP contribution in [0.4, 0.5) is 0 Å². The van der Waals surface area contributed by atoms with Crippen molar-refractivity contribution >= 4 is 23.5 Å². The standard InChI is InChI=1S/C18H30N2OS2/c1-5-6-12-22-13-15-8-7-9-17(2,3)18(15,21)14-23-16-19-10-11-20(16)4/h10-11,13,21H,5-9,12,14H2,1-4H3/b15-13-/t18-/m0/s1. The van der Waals surface area contributed by atoms with Crippen LogP contribution in [0.25, 0.3) is 0 Å². The lowest BCUT2D eigenvalue weighted by atomic mass is 9.64. The molecule has 0 amide bonds. The Balaban J connectivity index is 2.14. The summed E-state index contributed by atoms with van der Waals surface area (Å²) in [7, 11) is 2.00. The molecule has 130 valence electrons. The average molecular weight is 355 g/mol. The van der Waals surface area contributed by atoms with Gasteiger partial charge in [-0.1, -0.05) is 39.0 Å². The zero-order chi connectivity index (χ0) is 16.9. The van der Waals surface area contributed by atoms with Gasteiger partial charge < -0.3 is 9.67 Å². The molecule has 1 N–H and O–H groups in total. The molecular weight excluding hydrogens is 324 g/mol. The molecule has 1 aromatic heterocycles. The minimum absolute atomic E-state index is 0.0967. The van der Waals surface area contributed by atoms with Crippen LogP contribution in [-0.2, 0) is 7.05 Å². The maximum atomic E-state index is 11.6. The summed E-state index contributed by atoms with van der Waals surface area (Å²) in [5.74, 6) is 1.81. The lowest BCUT2D eigenvalue weighted by molar-refractivity contribution is -0.0358. The van der Waals surface area contributed by atoms with Gasteiger partial charge in [0.2, 0.25) is 0 Å². The first-order valence-corrected chi connectivity index (χ1v) is 10.6. The summed E-state index contributed by atoms with van der Waals surface area (Å²) in [6.45, 7) is 6.63. The van der Waals surface area contributed by atoms with E-state index in [1.165, 1.54) is 24.8 Å².